The Bertz CT molecular complexity index is 387. The van der Waals surface area contributed by atoms with Crippen molar-refractivity contribution >= 4 is 0 Å². The van der Waals surface area contributed by atoms with Gasteiger partial charge < -0.3 is 14.6 Å². The van der Waals surface area contributed by atoms with E-state index in [4.69, 9.17) is 32.8 Å². The van der Waals surface area contributed by atoms with Crippen molar-refractivity contribution in [3.8, 4) is 0 Å². The lowest BCUT2D eigenvalue weighted by atomic mass is 10.1. The first-order chi connectivity index (χ1) is 13.8. The van der Waals surface area contributed by atoms with Crippen LogP contribution in [0, 0.1) is 10.2 Å². The average Bonchev–Trinajstić information content (AvgIpc) is 2.60. The van der Waals surface area contributed by atoms with Crippen LogP contribution in [-0.4, -0.2) is 62.3 Å². The molecule has 0 rings (SSSR count). The molecule has 2 atom stereocenters. The zero-order valence-electron chi connectivity index (χ0n) is 19.7. The molecule has 0 aromatic carbocycles. The number of hydrogen-bond acceptors (Lipinski definition) is 8. The van der Waals surface area contributed by atoms with Crippen LogP contribution in [0.4, 0.5) is 0 Å². The predicted molar refractivity (Wildman–Crippen MR) is 103 cm³/mol. The summed E-state index contributed by atoms with van der Waals surface area (Å²) in [4.78, 5) is 0. The van der Waals surface area contributed by atoms with Gasteiger partial charge in [-0.2, -0.15) is 0 Å². The van der Waals surface area contributed by atoms with Crippen LogP contribution in [-0.2, 0) is 14.2 Å². The van der Waals surface area contributed by atoms with Gasteiger partial charge in [-0.05, 0) is 33.6 Å². The van der Waals surface area contributed by atoms with Gasteiger partial charge in [-0.3, -0.25) is 9.22 Å². The Hall–Kier alpha value is -0.0700. The Labute approximate surface area is 184 Å². The highest BCUT2D eigenvalue weighted by atomic mass is 35.7. The molecule has 0 radical (unpaired) electrons. The Balaban J connectivity index is 0. The number of nitrogens with zero attached hydrogens (tertiary/aromatic N) is 1. The summed E-state index contributed by atoms with van der Waals surface area (Å²) in [5, 5.41) is 9.82. The number of aliphatic hydroxyl groups excluding tert-OH is 1. The van der Waals surface area contributed by atoms with E-state index in [1.165, 1.54) is 44.9 Å². The molecule has 0 aliphatic heterocycles. The summed E-state index contributed by atoms with van der Waals surface area (Å²) in [6.45, 7) is 10.1. The number of ether oxygens (including phenoxy) is 3. The largest absolute Gasteiger partial charge is 0.369 e. The zero-order chi connectivity index (χ0) is 23.7. The molecule has 0 fully saturated rings. The second-order valence-corrected chi connectivity index (χ2v) is 8.52. The van der Waals surface area contributed by atoms with Crippen molar-refractivity contribution in [1.82, 2.24) is 0 Å². The van der Waals surface area contributed by atoms with Crippen LogP contribution < -0.4 is 18.6 Å². The summed E-state index contributed by atoms with van der Waals surface area (Å²) in [7, 11) is -0.753. The predicted octanol–water partition coefficient (Wildman–Crippen LogP) is -0.471. The number of rotatable bonds is 17. The second-order valence-electron chi connectivity index (χ2n) is 7.76. The molecule has 1 N–H and O–H groups in total. The van der Waals surface area contributed by atoms with E-state index < -0.39 is 22.4 Å². The van der Waals surface area contributed by atoms with Crippen LogP contribution in [0.5, 0.6) is 0 Å². The first-order valence-corrected chi connectivity index (χ1v) is 12.1. The molecule has 0 aromatic rings. The van der Waals surface area contributed by atoms with Crippen molar-refractivity contribution in [2.75, 3.05) is 40.5 Å². The summed E-state index contributed by atoms with van der Waals surface area (Å²) in [5.74, 6) is -0.972. The van der Waals surface area contributed by atoms with Gasteiger partial charge in [-0.15, -0.1) is 10.2 Å². The van der Waals surface area contributed by atoms with Crippen molar-refractivity contribution < 1.29 is 52.7 Å². The molecule has 9 nitrogen and oxygen atoms in total. The number of unbranched alkanes of at least 4 members (excludes halogenated alkanes) is 7. The maximum absolute atomic E-state index is 9.82. The Kier molecular flexibility index (Phi) is 18.7. The standard InChI is InChI=1S/C20H44NO4.ClHO4/c1-7-10-11-12-13-14-15-16-17-21(5,6)20(24-9-3,18-23-8-2)25-19(4)22;2-1(3,4)5/h19,22H,7-18H2,1-6H3;(H,2,3,4,5)/q+1;/p-1. The maximum Gasteiger partial charge on any atom is 0.345 e. The van der Waals surface area contributed by atoms with E-state index in [1.807, 2.05) is 13.8 Å². The topological polar surface area (TPSA) is 140 Å². The smallest absolute Gasteiger partial charge is 0.345 e. The van der Waals surface area contributed by atoms with Gasteiger partial charge in [-0.1, -0.05) is 45.4 Å². The fourth-order valence-electron chi connectivity index (χ4n) is 3.14. The third-order valence-corrected chi connectivity index (χ3v) is 4.71. The molecule has 0 aliphatic rings. The molecule has 0 bridgehead atoms. The molecule has 0 amide bonds. The average molecular weight is 462 g/mol. The van der Waals surface area contributed by atoms with Crippen molar-refractivity contribution in [2.24, 2.45) is 0 Å². The monoisotopic (exact) mass is 461 g/mol. The molecular weight excluding hydrogens is 418 g/mol. The van der Waals surface area contributed by atoms with E-state index in [1.54, 1.807) is 6.92 Å². The quantitative estimate of drug-likeness (QED) is 0.174. The Morgan fingerprint density at radius 1 is 0.867 bits per heavy atom. The van der Waals surface area contributed by atoms with E-state index in [2.05, 4.69) is 21.0 Å². The minimum atomic E-state index is -4.94. The molecule has 30 heavy (non-hydrogen) atoms. The molecule has 0 saturated carbocycles. The van der Waals surface area contributed by atoms with Gasteiger partial charge in [0.15, 0.2) is 12.9 Å². The van der Waals surface area contributed by atoms with Gasteiger partial charge in [0.05, 0.1) is 27.2 Å². The van der Waals surface area contributed by atoms with Crippen molar-refractivity contribution in [1.29, 1.82) is 0 Å². The van der Waals surface area contributed by atoms with Crippen LogP contribution in [0.1, 0.15) is 79.1 Å². The fraction of sp³-hybridized carbons (Fsp3) is 1.00. The molecule has 184 valence electrons. The van der Waals surface area contributed by atoms with Gasteiger partial charge in [0.2, 0.25) is 0 Å². The number of aliphatic hydroxyl groups is 1. The lowest BCUT2D eigenvalue weighted by Crippen LogP contribution is -2.68. The summed E-state index contributed by atoms with van der Waals surface area (Å²) >= 11 is 0. The summed E-state index contributed by atoms with van der Waals surface area (Å²) in [5.41, 5.74) is 0. The molecule has 10 heteroatoms. The number of halogens is 1. The molecule has 0 aromatic heterocycles. The minimum absolute atomic E-state index is 0.312. The molecular formula is C20H44ClNO8. The summed E-state index contributed by atoms with van der Waals surface area (Å²) < 4.78 is 52.0. The van der Waals surface area contributed by atoms with E-state index in [-0.39, 0.29) is 0 Å². The van der Waals surface area contributed by atoms with E-state index in [0.717, 1.165) is 13.0 Å². The van der Waals surface area contributed by atoms with E-state index in [9.17, 15) is 5.11 Å². The van der Waals surface area contributed by atoms with Crippen LogP contribution in [0.3, 0.4) is 0 Å². The fourth-order valence-corrected chi connectivity index (χ4v) is 3.14. The van der Waals surface area contributed by atoms with Gasteiger partial charge in [-0.25, -0.2) is 18.6 Å². The van der Waals surface area contributed by atoms with Crippen molar-refractivity contribution in [3.63, 3.8) is 0 Å². The maximum atomic E-state index is 9.82. The molecule has 0 aliphatic carbocycles. The van der Waals surface area contributed by atoms with Gasteiger partial charge in [0.25, 0.3) is 0 Å². The van der Waals surface area contributed by atoms with Gasteiger partial charge >= 0.3 is 5.91 Å². The third kappa shape index (κ3) is 17.6. The van der Waals surface area contributed by atoms with E-state index >= 15 is 0 Å². The minimum Gasteiger partial charge on any atom is -0.369 e. The molecule has 0 heterocycles. The number of hydrogen-bond donors (Lipinski definition) is 1. The van der Waals surface area contributed by atoms with E-state index in [0.29, 0.717) is 24.3 Å². The number of quaternary nitrogens is 1. The lowest BCUT2D eigenvalue weighted by molar-refractivity contribution is -2.00. The Morgan fingerprint density at radius 2 is 1.33 bits per heavy atom. The van der Waals surface area contributed by atoms with Crippen LogP contribution in [0.2, 0.25) is 0 Å². The second kappa shape index (κ2) is 17.5. The molecule has 0 spiro atoms. The molecule has 2 unspecified atom stereocenters. The van der Waals surface area contributed by atoms with Gasteiger partial charge in [0, 0.05) is 6.61 Å². The van der Waals surface area contributed by atoms with Crippen LogP contribution in [0.15, 0.2) is 0 Å². The van der Waals surface area contributed by atoms with Gasteiger partial charge in [0.1, 0.15) is 0 Å². The highest BCUT2D eigenvalue weighted by molar-refractivity contribution is 4.60. The molecule has 0 saturated heterocycles. The number of likely N-dealkylation sites (N-methyl/N-ethyl adjacent to an activating group) is 1. The highest BCUT2D eigenvalue weighted by Gasteiger charge is 2.49. The van der Waals surface area contributed by atoms with Crippen LogP contribution in [0.25, 0.3) is 0 Å². The highest BCUT2D eigenvalue weighted by Crippen LogP contribution is 2.28. The third-order valence-electron chi connectivity index (χ3n) is 4.71. The summed E-state index contributed by atoms with van der Waals surface area (Å²) in [6.07, 6.45) is 9.42. The van der Waals surface area contributed by atoms with Crippen LogP contribution >= 0.6 is 0 Å². The lowest BCUT2D eigenvalue weighted by Gasteiger charge is -2.46. The van der Waals surface area contributed by atoms with Crippen molar-refractivity contribution in [3.05, 3.63) is 0 Å². The Morgan fingerprint density at radius 3 is 1.73 bits per heavy atom. The zero-order valence-corrected chi connectivity index (χ0v) is 20.4. The SMILES string of the molecule is CCCCCCCCCC[N+](C)(C)C(COCC)(OCC)OC(C)O.[O-][Cl+3]([O-])([O-])[O-]. The first-order valence-electron chi connectivity index (χ1n) is 10.9. The first kappa shape index (κ1) is 32.1. The van der Waals surface area contributed by atoms with Crippen molar-refractivity contribution in [2.45, 2.75) is 91.3 Å². The summed E-state index contributed by atoms with van der Waals surface area (Å²) in [6, 6.07) is 0. The normalized spacial score (nSPS) is 15.3.